The van der Waals surface area contributed by atoms with Crippen molar-refractivity contribution >= 4 is 40.2 Å². The molecule has 11 heteroatoms. The number of benzene rings is 2. The highest BCUT2D eigenvalue weighted by atomic mass is 35.5. The molecule has 158 valence electrons. The monoisotopic (exact) mass is 464 g/mol. The molecule has 1 atom stereocenters. The molecular weight excluding hydrogens is 446 g/mol. The van der Waals surface area contributed by atoms with Crippen LogP contribution in [0.4, 0.5) is 8.78 Å². The van der Waals surface area contributed by atoms with Crippen LogP contribution in [0.3, 0.4) is 0 Å². The van der Waals surface area contributed by atoms with Crippen molar-refractivity contribution in [2.45, 2.75) is 10.1 Å². The first kappa shape index (κ1) is 23.4. The fourth-order valence-electron chi connectivity index (χ4n) is 2.18. The van der Waals surface area contributed by atoms with Crippen LogP contribution in [0, 0.1) is 11.6 Å². The molecule has 6 nitrogen and oxygen atoms in total. The lowest BCUT2D eigenvalue weighted by atomic mass is 10.1. The van der Waals surface area contributed by atoms with E-state index in [0.29, 0.717) is 5.02 Å². The largest absolute Gasteiger partial charge is 0.478 e. The molecule has 1 unspecified atom stereocenters. The Balaban J connectivity index is 2.08. The van der Waals surface area contributed by atoms with Crippen LogP contribution in [0.5, 0.6) is 5.75 Å². The van der Waals surface area contributed by atoms with E-state index in [4.69, 9.17) is 16.3 Å². The number of halogens is 3. The van der Waals surface area contributed by atoms with E-state index in [-0.39, 0.29) is 17.0 Å². The molecule has 1 N–H and O–H groups in total. The van der Waals surface area contributed by atoms with Gasteiger partial charge in [0.1, 0.15) is 0 Å². The zero-order chi connectivity index (χ0) is 21.8. The number of rotatable bonds is 8. The van der Waals surface area contributed by atoms with Gasteiger partial charge >= 0.3 is 0 Å². The molecule has 0 bridgehead atoms. The molecule has 1 amide bonds. The van der Waals surface area contributed by atoms with Crippen molar-refractivity contribution in [2.75, 3.05) is 27.2 Å². The number of hydrogen-bond donors (Lipinski definition) is 2. The maximum atomic E-state index is 14.2. The molecule has 0 heterocycles. The van der Waals surface area contributed by atoms with Crippen LogP contribution in [0.2, 0.25) is 5.02 Å². The van der Waals surface area contributed by atoms with Crippen molar-refractivity contribution in [1.82, 2.24) is 9.62 Å². The fraction of sp³-hybridized carbons (Fsp3) is 0.278. The van der Waals surface area contributed by atoms with Gasteiger partial charge in [-0.3, -0.25) is 4.79 Å². The van der Waals surface area contributed by atoms with Gasteiger partial charge in [0.15, 0.2) is 24.0 Å². The van der Waals surface area contributed by atoms with E-state index in [0.717, 1.165) is 12.1 Å². The maximum Gasteiger partial charge on any atom is 0.259 e. The van der Waals surface area contributed by atoms with Gasteiger partial charge in [0.05, 0.1) is 4.90 Å². The van der Waals surface area contributed by atoms with Gasteiger partial charge in [0, 0.05) is 30.9 Å². The van der Waals surface area contributed by atoms with E-state index in [1.165, 1.54) is 43.3 Å². The number of likely N-dealkylation sites (N-methyl/N-ethyl adjacent to an activating group) is 1. The Morgan fingerprint density at radius 1 is 1.21 bits per heavy atom. The van der Waals surface area contributed by atoms with Crippen LogP contribution < -0.4 is 9.46 Å². The average Bonchev–Trinajstić information content (AvgIpc) is 2.65. The number of amides is 1. The first-order valence-corrected chi connectivity index (χ1v) is 10.6. The summed E-state index contributed by atoms with van der Waals surface area (Å²) in [4.78, 5) is 12.7. The van der Waals surface area contributed by atoms with Gasteiger partial charge in [0.25, 0.3) is 5.91 Å². The van der Waals surface area contributed by atoms with Crippen LogP contribution in [-0.4, -0.2) is 46.5 Å². The smallest absolute Gasteiger partial charge is 0.259 e. The lowest BCUT2D eigenvalue weighted by molar-refractivity contribution is -0.130. The van der Waals surface area contributed by atoms with E-state index in [1.54, 1.807) is 0 Å². The third-order valence-electron chi connectivity index (χ3n) is 3.83. The minimum absolute atomic E-state index is 0.00546. The highest BCUT2D eigenvalue weighted by molar-refractivity contribution is 7.89. The summed E-state index contributed by atoms with van der Waals surface area (Å²) in [5.74, 6) is -3.19. The van der Waals surface area contributed by atoms with Crippen molar-refractivity contribution in [3.63, 3.8) is 0 Å². The Bertz CT molecular complexity index is 963. The molecule has 0 saturated carbocycles. The normalized spacial score (nSPS) is 12.5. The second-order valence-corrected chi connectivity index (χ2v) is 9.04. The standard InChI is InChI=1S/C18H19ClF2N2O4S2/c1-23(2)17(24)10-27-18-14(20)7-11(8-15(18)21)16(28)9-22-29(25,26)13-5-3-12(19)4-6-13/h3-8,16,22,28H,9-10H2,1-2H3. The number of ether oxygens (including phenoxy) is 1. The highest BCUT2D eigenvalue weighted by Gasteiger charge is 2.20. The number of hydrogen-bond acceptors (Lipinski definition) is 5. The molecule has 0 radical (unpaired) electrons. The Morgan fingerprint density at radius 2 is 1.76 bits per heavy atom. The minimum Gasteiger partial charge on any atom is -0.478 e. The third kappa shape index (κ3) is 6.30. The first-order chi connectivity index (χ1) is 13.5. The average molecular weight is 465 g/mol. The van der Waals surface area contributed by atoms with Gasteiger partial charge in [-0.15, -0.1) is 0 Å². The SMILES string of the molecule is CN(C)C(=O)COc1c(F)cc(C(S)CNS(=O)(=O)c2ccc(Cl)cc2)cc1F. The summed E-state index contributed by atoms with van der Waals surface area (Å²) in [5, 5.41) is -0.449. The molecule has 0 aliphatic rings. The summed E-state index contributed by atoms with van der Waals surface area (Å²) in [7, 11) is -0.878. The Labute approximate surface area is 178 Å². The number of sulfonamides is 1. The predicted molar refractivity (Wildman–Crippen MR) is 109 cm³/mol. The summed E-state index contributed by atoms with van der Waals surface area (Å²) in [6.07, 6.45) is 0. The summed E-state index contributed by atoms with van der Waals surface area (Å²) in [6, 6.07) is 7.48. The highest BCUT2D eigenvalue weighted by Crippen LogP contribution is 2.29. The van der Waals surface area contributed by atoms with Crippen LogP contribution in [0.1, 0.15) is 10.8 Å². The van der Waals surface area contributed by atoms with Crippen molar-refractivity contribution in [1.29, 1.82) is 0 Å². The van der Waals surface area contributed by atoms with Gasteiger partial charge in [-0.1, -0.05) is 11.6 Å². The van der Waals surface area contributed by atoms with Crippen LogP contribution >= 0.6 is 24.2 Å². The second-order valence-electron chi connectivity index (χ2n) is 6.21. The van der Waals surface area contributed by atoms with E-state index in [9.17, 15) is 22.0 Å². The van der Waals surface area contributed by atoms with E-state index in [2.05, 4.69) is 17.4 Å². The zero-order valence-electron chi connectivity index (χ0n) is 15.5. The van der Waals surface area contributed by atoms with Gasteiger partial charge in [-0.05, 0) is 42.0 Å². The first-order valence-electron chi connectivity index (χ1n) is 8.26. The van der Waals surface area contributed by atoms with Crippen LogP contribution in [0.25, 0.3) is 0 Å². The molecule has 0 aromatic heterocycles. The van der Waals surface area contributed by atoms with Crippen LogP contribution in [0.15, 0.2) is 41.3 Å². The molecule has 2 rings (SSSR count). The summed E-state index contributed by atoms with van der Waals surface area (Å²) in [6.45, 7) is -0.738. The van der Waals surface area contributed by atoms with Gasteiger partial charge in [0.2, 0.25) is 10.0 Å². The molecule has 0 aliphatic carbocycles. The number of nitrogens with one attached hydrogen (secondary N) is 1. The number of thiol groups is 1. The Hall–Kier alpha value is -1.88. The number of nitrogens with zero attached hydrogens (tertiary/aromatic N) is 1. The maximum absolute atomic E-state index is 14.2. The lowest BCUT2D eigenvalue weighted by Crippen LogP contribution is -2.28. The van der Waals surface area contributed by atoms with Crippen molar-refractivity contribution in [3.8, 4) is 5.75 Å². The van der Waals surface area contributed by atoms with Crippen LogP contribution in [-0.2, 0) is 14.8 Å². The topological polar surface area (TPSA) is 75.7 Å². The molecule has 2 aromatic carbocycles. The third-order valence-corrected chi connectivity index (χ3v) is 6.01. The van der Waals surface area contributed by atoms with Crippen molar-refractivity contribution < 1.29 is 26.7 Å². The van der Waals surface area contributed by atoms with Gasteiger partial charge < -0.3 is 9.64 Å². The summed E-state index contributed by atoms with van der Waals surface area (Å²) >= 11 is 9.95. The Kier molecular flexibility index (Phi) is 7.87. The molecule has 2 aromatic rings. The summed E-state index contributed by atoms with van der Waals surface area (Å²) in [5.41, 5.74) is 0.105. The fourth-order valence-corrected chi connectivity index (χ4v) is 3.71. The lowest BCUT2D eigenvalue weighted by Gasteiger charge is -2.16. The van der Waals surface area contributed by atoms with Crippen molar-refractivity contribution in [2.24, 2.45) is 0 Å². The predicted octanol–water partition coefficient (Wildman–Crippen LogP) is 3.03. The molecule has 0 saturated heterocycles. The number of carbonyl (C=O) groups is 1. The molecule has 29 heavy (non-hydrogen) atoms. The van der Waals surface area contributed by atoms with E-state index in [1.807, 2.05) is 0 Å². The summed E-state index contributed by atoms with van der Waals surface area (Å²) < 4.78 is 60.3. The van der Waals surface area contributed by atoms with Gasteiger partial charge in [-0.25, -0.2) is 21.9 Å². The quantitative estimate of drug-likeness (QED) is 0.589. The minimum atomic E-state index is -3.85. The van der Waals surface area contributed by atoms with E-state index >= 15 is 0 Å². The molecule has 0 spiro atoms. The molecule has 0 aliphatic heterocycles. The molecular formula is C18H19ClF2N2O4S2. The Morgan fingerprint density at radius 3 is 2.28 bits per heavy atom. The van der Waals surface area contributed by atoms with E-state index < -0.39 is 45.2 Å². The second kappa shape index (κ2) is 9.75. The molecule has 0 fully saturated rings. The number of carbonyl (C=O) groups excluding carboxylic acids is 1. The van der Waals surface area contributed by atoms with Crippen molar-refractivity contribution in [3.05, 3.63) is 58.6 Å². The van der Waals surface area contributed by atoms with Gasteiger partial charge in [-0.2, -0.15) is 12.6 Å². The zero-order valence-corrected chi connectivity index (χ0v) is 18.0.